The molecule has 0 radical (unpaired) electrons. The van der Waals surface area contributed by atoms with Crippen molar-refractivity contribution in [3.63, 3.8) is 0 Å². The van der Waals surface area contributed by atoms with Gasteiger partial charge >= 0.3 is 5.97 Å². The van der Waals surface area contributed by atoms with Gasteiger partial charge in [0.25, 0.3) is 0 Å². The predicted molar refractivity (Wildman–Crippen MR) is 122 cm³/mol. The second-order valence-electron chi connectivity index (χ2n) is 8.60. The van der Waals surface area contributed by atoms with Crippen molar-refractivity contribution in [2.45, 2.75) is 33.0 Å². The molecule has 2 aromatic heterocycles. The monoisotopic (exact) mass is 435 g/mol. The summed E-state index contributed by atoms with van der Waals surface area (Å²) in [7, 11) is 0. The molecular weight excluding hydrogens is 414 g/mol. The molecule has 4 aromatic rings. The Morgan fingerprint density at radius 1 is 1.21 bits per heavy atom. The molecule has 0 bridgehead atoms. The van der Waals surface area contributed by atoms with Crippen molar-refractivity contribution < 1.29 is 9.53 Å². The van der Waals surface area contributed by atoms with Crippen LogP contribution in [-0.4, -0.2) is 31.9 Å². The first-order valence-electron chi connectivity index (χ1n) is 11.0. The van der Waals surface area contributed by atoms with E-state index < -0.39 is 0 Å². The van der Waals surface area contributed by atoms with Crippen LogP contribution in [-0.2, 0) is 30.9 Å². The second-order valence-corrected chi connectivity index (χ2v) is 8.60. The van der Waals surface area contributed by atoms with Gasteiger partial charge < -0.3 is 4.74 Å². The summed E-state index contributed by atoms with van der Waals surface area (Å²) in [4.78, 5) is 23.7. The van der Waals surface area contributed by atoms with E-state index in [1.165, 1.54) is 5.56 Å². The van der Waals surface area contributed by atoms with Gasteiger partial charge in [-0.3, -0.25) is 9.47 Å². The molecule has 0 saturated heterocycles. The number of carbonyl (C=O) groups excluding carboxylic acids is 1. The van der Waals surface area contributed by atoms with Gasteiger partial charge in [-0.15, -0.1) is 0 Å². The first-order chi connectivity index (χ1) is 16.1. The fourth-order valence-corrected chi connectivity index (χ4v) is 4.86. The fraction of sp³-hybridized carbons (Fsp3) is 0.231. The highest BCUT2D eigenvalue weighted by atomic mass is 16.5. The number of hydrogen-bond donors (Lipinski definition) is 0. The molecule has 0 fully saturated rings. The summed E-state index contributed by atoms with van der Waals surface area (Å²) in [6, 6.07) is 14.0. The van der Waals surface area contributed by atoms with Crippen molar-refractivity contribution in [3.8, 4) is 12.0 Å². The Morgan fingerprint density at radius 3 is 2.97 bits per heavy atom. The van der Waals surface area contributed by atoms with Crippen molar-refractivity contribution >= 4 is 16.9 Å². The number of fused-ring (bicyclic) bond motifs is 3. The van der Waals surface area contributed by atoms with E-state index in [4.69, 9.17) is 9.72 Å². The highest BCUT2D eigenvalue weighted by Gasteiger charge is 2.25. The van der Waals surface area contributed by atoms with Gasteiger partial charge in [-0.25, -0.2) is 14.8 Å². The minimum atomic E-state index is -0.225. The number of esters is 1. The number of ether oxygens (including phenoxy) is 1. The van der Waals surface area contributed by atoms with E-state index in [-0.39, 0.29) is 5.97 Å². The lowest BCUT2D eigenvalue weighted by atomic mass is 9.97. The number of rotatable bonds is 3. The Bertz CT molecular complexity index is 1480. The molecule has 33 heavy (non-hydrogen) atoms. The zero-order valence-corrected chi connectivity index (χ0v) is 18.2. The molecule has 6 rings (SSSR count). The van der Waals surface area contributed by atoms with Gasteiger partial charge in [-0.05, 0) is 30.2 Å². The molecule has 0 amide bonds. The van der Waals surface area contributed by atoms with Crippen molar-refractivity contribution in [1.82, 2.24) is 19.4 Å². The van der Waals surface area contributed by atoms with Crippen LogP contribution in [0.3, 0.4) is 0 Å². The van der Waals surface area contributed by atoms with E-state index in [0.717, 1.165) is 59.3 Å². The van der Waals surface area contributed by atoms with Crippen molar-refractivity contribution in [3.05, 3.63) is 87.9 Å². The summed E-state index contributed by atoms with van der Waals surface area (Å²) in [6.45, 7) is 4.92. The molecule has 7 nitrogen and oxygen atoms in total. The topological polar surface area (TPSA) is 84.0 Å². The number of benzene rings is 2. The Hall–Kier alpha value is -4.02. The molecule has 4 heterocycles. The van der Waals surface area contributed by atoms with E-state index in [1.807, 2.05) is 53.4 Å². The van der Waals surface area contributed by atoms with Crippen molar-refractivity contribution in [1.29, 1.82) is 5.26 Å². The van der Waals surface area contributed by atoms with Crippen LogP contribution < -0.4 is 0 Å². The van der Waals surface area contributed by atoms with Crippen LogP contribution in [0, 0.1) is 18.3 Å². The maximum Gasteiger partial charge on any atom is 0.338 e. The Morgan fingerprint density at radius 2 is 2.09 bits per heavy atom. The number of carbonyl (C=O) groups is 1. The number of nitriles is 1. The van der Waals surface area contributed by atoms with Gasteiger partial charge in [-0.1, -0.05) is 24.3 Å². The molecule has 2 aliphatic rings. The third-order valence-corrected chi connectivity index (χ3v) is 6.72. The molecule has 0 unspecified atom stereocenters. The van der Waals surface area contributed by atoms with Gasteiger partial charge in [0, 0.05) is 55.0 Å². The van der Waals surface area contributed by atoms with Gasteiger partial charge in [-0.2, -0.15) is 5.26 Å². The minimum absolute atomic E-state index is 0.225. The van der Waals surface area contributed by atoms with Gasteiger partial charge in [0.15, 0.2) is 0 Å². The van der Waals surface area contributed by atoms with E-state index >= 15 is 0 Å². The second kappa shape index (κ2) is 7.54. The molecule has 162 valence electrons. The first kappa shape index (κ1) is 19.6. The number of para-hydroxylation sites is 1. The average Bonchev–Trinajstić information content (AvgIpc) is 3.41. The van der Waals surface area contributed by atoms with Crippen LogP contribution in [0.15, 0.2) is 48.8 Å². The summed E-state index contributed by atoms with van der Waals surface area (Å²) in [5.74, 6) is 0.371. The van der Waals surface area contributed by atoms with Crippen molar-refractivity contribution in [2.75, 3.05) is 6.54 Å². The quantitative estimate of drug-likeness (QED) is 0.455. The van der Waals surface area contributed by atoms with E-state index in [9.17, 15) is 10.1 Å². The summed E-state index contributed by atoms with van der Waals surface area (Å²) in [6.07, 6.45) is 4.56. The predicted octanol–water partition coefficient (Wildman–Crippen LogP) is 3.83. The van der Waals surface area contributed by atoms with E-state index in [2.05, 4.69) is 22.9 Å². The largest absolute Gasteiger partial charge is 0.457 e. The molecular formula is C26H21N5O2. The fourth-order valence-electron chi connectivity index (χ4n) is 4.86. The highest BCUT2D eigenvalue weighted by molar-refractivity contribution is 5.94. The maximum atomic E-state index is 11.8. The van der Waals surface area contributed by atoms with Gasteiger partial charge in [0.2, 0.25) is 5.95 Å². The Balaban J connectivity index is 1.26. The maximum absolute atomic E-state index is 11.8. The number of aromatic nitrogens is 3. The van der Waals surface area contributed by atoms with E-state index in [0.29, 0.717) is 23.7 Å². The minimum Gasteiger partial charge on any atom is -0.457 e. The standard InChI is InChI=1S/C26H21N5O2/c1-16-17(6-7-21-22(16)15-33-25(21)32)12-30-9-8-23-19(13-30)11-28-26(29-23)31-14-18(10-27)20-4-2-3-5-24(20)31/h2-7,11,14H,8-9,12-13,15H2,1H3. The van der Waals surface area contributed by atoms with Crippen LogP contribution in [0.25, 0.3) is 16.9 Å². The van der Waals surface area contributed by atoms with Gasteiger partial charge in [0.05, 0.1) is 22.3 Å². The molecule has 0 atom stereocenters. The molecule has 2 aromatic carbocycles. The third-order valence-electron chi connectivity index (χ3n) is 6.72. The third kappa shape index (κ3) is 3.19. The van der Waals surface area contributed by atoms with E-state index in [1.54, 1.807) is 0 Å². The zero-order valence-electron chi connectivity index (χ0n) is 18.2. The first-order valence-corrected chi connectivity index (χ1v) is 11.0. The molecule has 0 spiro atoms. The molecule has 7 heteroatoms. The summed E-state index contributed by atoms with van der Waals surface area (Å²) in [5.41, 5.74) is 7.80. The highest BCUT2D eigenvalue weighted by Crippen LogP contribution is 2.28. The smallest absolute Gasteiger partial charge is 0.338 e. The average molecular weight is 435 g/mol. The normalized spacial score (nSPS) is 15.2. The zero-order chi connectivity index (χ0) is 22.5. The molecule has 0 N–H and O–H groups in total. The summed E-state index contributed by atoms with van der Waals surface area (Å²) < 4.78 is 7.09. The van der Waals surface area contributed by atoms with Crippen LogP contribution in [0.4, 0.5) is 0 Å². The van der Waals surface area contributed by atoms with Crippen LogP contribution in [0.1, 0.15) is 43.9 Å². The number of nitrogens with zero attached hydrogens (tertiary/aromatic N) is 5. The number of cyclic esters (lactones) is 1. The van der Waals surface area contributed by atoms with Crippen LogP contribution in [0.5, 0.6) is 0 Å². The lowest BCUT2D eigenvalue weighted by Gasteiger charge is -2.28. The summed E-state index contributed by atoms with van der Waals surface area (Å²) in [5, 5.41) is 10.4. The van der Waals surface area contributed by atoms with Gasteiger partial charge in [0.1, 0.15) is 12.7 Å². The Kier molecular flexibility index (Phi) is 4.49. The van der Waals surface area contributed by atoms with Crippen LogP contribution in [0.2, 0.25) is 0 Å². The Labute approximate surface area is 190 Å². The van der Waals surface area contributed by atoms with Crippen molar-refractivity contribution in [2.24, 2.45) is 0 Å². The lowest BCUT2D eigenvalue weighted by molar-refractivity contribution is 0.0535. The lowest BCUT2D eigenvalue weighted by Crippen LogP contribution is -2.31. The summed E-state index contributed by atoms with van der Waals surface area (Å²) >= 11 is 0. The molecule has 0 saturated carbocycles. The SMILES string of the molecule is Cc1c(CN2CCc3nc(-n4cc(C#N)c5ccccc54)ncc3C2)ccc2c1COC2=O. The van der Waals surface area contributed by atoms with Crippen LogP contribution >= 0.6 is 0 Å². The molecule has 2 aliphatic heterocycles. The number of hydrogen-bond acceptors (Lipinski definition) is 6. The molecule has 0 aliphatic carbocycles.